The van der Waals surface area contributed by atoms with Crippen LogP contribution in [0.1, 0.15) is 52.4 Å². The number of Topliss-reactive ketones (excluding diaryl/α,β-unsaturated/α-hetero) is 1. The molecule has 1 aliphatic rings. The molecule has 4 amide bonds. The molecule has 8 nitrogen and oxygen atoms in total. The fourth-order valence-electron chi connectivity index (χ4n) is 3.11. The molecule has 1 fully saturated rings. The van der Waals surface area contributed by atoms with Crippen LogP contribution in [-0.2, 0) is 24.0 Å². The van der Waals surface area contributed by atoms with Gasteiger partial charge in [0.05, 0.1) is 5.25 Å². The molecule has 0 spiro atoms. The number of rotatable bonds is 13. The second-order valence-corrected chi connectivity index (χ2v) is 7.92. The Balaban J connectivity index is 2.49. The van der Waals surface area contributed by atoms with E-state index >= 15 is 0 Å². The Hall–Kier alpha value is -1.90. The van der Waals surface area contributed by atoms with Crippen molar-refractivity contribution in [2.75, 3.05) is 25.9 Å². The van der Waals surface area contributed by atoms with Crippen LogP contribution in [0.3, 0.4) is 0 Å². The normalized spacial score (nSPS) is 17.5. The number of imide groups is 1. The van der Waals surface area contributed by atoms with Gasteiger partial charge in [0.25, 0.3) is 0 Å². The maximum absolute atomic E-state index is 12.4. The first-order chi connectivity index (χ1) is 13.3. The Morgan fingerprint density at radius 3 is 2.50 bits per heavy atom. The molecule has 1 rings (SSSR count). The molecule has 1 unspecified atom stereocenters. The van der Waals surface area contributed by atoms with Crippen molar-refractivity contribution in [2.45, 2.75) is 57.6 Å². The molecule has 0 aromatic heterocycles. The van der Waals surface area contributed by atoms with Gasteiger partial charge in [0, 0.05) is 51.7 Å². The molecule has 0 radical (unpaired) electrons. The monoisotopic (exact) mass is 413 g/mol. The van der Waals surface area contributed by atoms with Gasteiger partial charge in [-0.05, 0) is 26.0 Å². The summed E-state index contributed by atoms with van der Waals surface area (Å²) in [6.45, 7) is 4.38. The van der Waals surface area contributed by atoms with Crippen LogP contribution in [-0.4, -0.2) is 65.5 Å². The topological polar surface area (TPSA) is 113 Å². The Kier molecular flexibility index (Phi) is 10.8. The Morgan fingerprint density at radius 1 is 1.21 bits per heavy atom. The third kappa shape index (κ3) is 8.00. The van der Waals surface area contributed by atoms with Crippen molar-refractivity contribution < 1.29 is 24.0 Å². The lowest BCUT2D eigenvalue weighted by atomic mass is 9.94. The van der Waals surface area contributed by atoms with Crippen molar-refractivity contribution in [3.8, 4) is 0 Å². The van der Waals surface area contributed by atoms with Gasteiger partial charge in [-0.15, -0.1) is 0 Å². The minimum Gasteiger partial charge on any atom is -0.356 e. The van der Waals surface area contributed by atoms with Crippen LogP contribution in [0.2, 0.25) is 0 Å². The summed E-state index contributed by atoms with van der Waals surface area (Å²) in [5, 5.41) is 5.11. The summed E-state index contributed by atoms with van der Waals surface area (Å²) in [5.41, 5.74) is 0. The van der Waals surface area contributed by atoms with E-state index in [0.717, 1.165) is 11.3 Å². The molecule has 1 heterocycles. The number of carbonyl (C=O) groups excluding carboxylic acids is 5. The van der Waals surface area contributed by atoms with E-state index in [9.17, 15) is 24.0 Å². The average Bonchev–Trinajstić information content (AvgIpc) is 2.91. The van der Waals surface area contributed by atoms with E-state index in [-0.39, 0.29) is 60.5 Å². The molecule has 1 aliphatic heterocycles. The van der Waals surface area contributed by atoms with Crippen LogP contribution in [0, 0.1) is 5.92 Å². The van der Waals surface area contributed by atoms with Crippen LogP contribution in [0.4, 0.5) is 0 Å². The predicted octanol–water partition coefficient (Wildman–Crippen LogP) is 0.885. The first-order valence-electron chi connectivity index (χ1n) is 9.70. The Morgan fingerprint density at radius 2 is 1.93 bits per heavy atom. The summed E-state index contributed by atoms with van der Waals surface area (Å²) in [7, 11) is 0. The third-order valence-electron chi connectivity index (χ3n) is 4.65. The van der Waals surface area contributed by atoms with Crippen molar-refractivity contribution in [2.24, 2.45) is 5.92 Å². The van der Waals surface area contributed by atoms with Crippen molar-refractivity contribution in [1.29, 1.82) is 0 Å². The van der Waals surface area contributed by atoms with Gasteiger partial charge in [-0.3, -0.25) is 28.9 Å². The molecular weight excluding hydrogens is 382 g/mol. The molecule has 0 aromatic rings. The second-order valence-electron chi connectivity index (χ2n) is 6.88. The fourth-order valence-corrected chi connectivity index (χ4v) is 3.75. The summed E-state index contributed by atoms with van der Waals surface area (Å²) in [6, 6.07) is 0. The minimum atomic E-state index is -0.436. The van der Waals surface area contributed by atoms with Gasteiger partial charge in [0.2, 0.25) is 23.6 Å². The van der Waals surface area contributed by atoms with Crippen LogP contribution in [0.5, 0.6) is 0 Å². The second kappa shape index (κ2) is 12.5. The summed E-state index contributed by atoms with van der Waals surface area (Å²) in [4.78, 5) is 60.7. The van der Waals surface area contributed by atoms with Crippen molar-refractivity contribution in [3.05, 3.63) is 0 Å². The van der Waals surface area contributed by atoms with E-state index in [1.165, 1.54) is 18.7 Å². The number of thioether (sulfide) groups is 1. The maximum atomic E-state index is 12.4. The zero-order valence-corrected chi connectivity index (χ0v) is 17.7. The van der Waals surface area contributed by atoms with Gasteiger partial charge in [0.15, 0.2) is 0 Å². The van der Waals surface area contributed by atoms with Crippen LogP contribution >= 0.6 is 11.8 Å². The summed E-state index contributed by atoms with van der Waals surface area (Å²) in [5.74, 6) is -1.30. The summed E-state index contributed by atoms with van der Waals surface area (Å²) >= 11 is 1.34. The standard InChI is InChI=1S/C19H31N3O5S/c1-4-20-18(26)14(7-5-6-9-21-13(2)23)11-15(24)8-10-22-17(25)12-16(28-3)19(22)27/h14,16H,4-12H2,1-3H3,(H,20,26)(H,21,23)/t14-,16?/m1/s1. The number of hydrogen-bond acceptors (Lipinski definition) is 6. The molecule has 1 saturated heterocycles. The van der Waals surface area contributed by atoms with Crippen molar-refractivity contribution >= 4 is 41.2 Å². The quantitative estimate of drug-likeness (QED) is 0.342. The minimum absolute atomic E-state index is 0.0698. The highest BCUT2D eigenvalue weighted by Gasteiger charge is 2.37. The molecule has 158 valence electrons. The van der Waals surface area contributed by atoms with Gasteiger partial charge in [-0.1, -0.05) is 6.42 Å². The van der Waals surface area contributed by atoms with Gasteiger partial charge in [-0.2, -0.15) is 11.8 Å². The summed E-state index contributed by atoms with van der Waals surface area (Å²) in [6.07, 6.45) is 4.13. The average molecular weight is 414 g/mol. The largest absolute Gasteiger partial charge is 0.356 e. The van der Waals surface area contributed by atoms with Crippen LogP contribution in [0.15, 0.2) is 0 Å². The lowest BCUT2D eigenvalue weighted by Gasteiger charge is -2.17. The lowest BCUT2D eigenvalue weighted by molar-refractivity contribution is -0.139. The van der Waals surface area contributed by atoms with Crippen molar-refractivity contribution in [3.63, 3.8) is 0 Å². The first-order valence-corrected chi connectivity index (χ1v) is 11.0. The fraction of sp³-hybridized carbons (Fsp3) is 0.737. The van der Waals surface area contributed by atoms with E-state index < -0.39 is 5.92 Å². The smallest absolute Gasteiger partial charge is 0.242 e. The Bertz CT molecular complexity index is 596. The number of carbonyl (C=O) groups is 5. The molecule has 2 atom stereocenters. The molecule has 0 bridgehead atoms. The maximum Gasteiger partial charge on any atom is 0.242 e. The van der Waals surface area contributed by atoms with Gasteiger partial charge in [0.1, 0.15) is 5.78 Å². The number of amides is 4. The number of nitrogens with zero attached hydrogens (tertiary/aromatic N) is 1. The van der Waals surface area contributed by atoms with Crippen LogP contribution in [0.25, 0.3) is 0 Å². The van der Waals surface area contributed by atoms with Gasteiger partial charge >= 0.3 is 0 Å². The van der Waals surface area contributed by atoms with E-state index in [1.54, 1.807) is 6.26 Å². The highest BCUT2D eigenvalue weighted by atomic mass is 32.2. The molecule has 2 N–H and O–H groups in total. The van der Waals surface area contributed by atoms with E-state index in [1.807, 2.05) is 6.92 Å². The number of nitrogens with one attached hydrogen (secondary N) is 2. The first kappa shape index (κ1) is 24.1. The molecular formula is C19H31N3O5S. The zero-order chi connectivity index (χ0) is 21.1. The predicted molar refractivity (Wildman–Crippen MR) is 108 cm³/mol. The van der Waals surface area contributed by atoms with E-state index in [4.69, 9.17) is 0 Å². The molecule has 9 heteroatoms. The SMILES string of the molecule is CCNC(=O)[C@H](CCCCNC(C)=O)CC(=O)CCN1C(=O)CC(SC)C1=O. The van der Waals surface area contributed by atoms with Gasteiger partial charge < -0.3 is 10.6 Å². The van der Waals surface area contributed by atoms with E-state index in [0.29, 0.717) is 25.9 Å². The number of likely N-dealkylation sites (tertiary alicyclic amines) is 1. The zero-order valence-electron chi connectivity index (χ0n) is 16.9. The lowest BCUT2D eigenvalue weighted by Crippen LogP contribution is -2.35. The highest BCUT2D eigenvalue weighted by Crippen LogP contribution is 2.23. The Labute approximate surface area is 170 Å². The molecule has 0 aliphatic carbocycles. The number of unbranched alkanes of at least 4 members (excludes halogenated alkanes) is 1. The molecule has 0 aromatic carbocycles. The van der Waals surface area contributed by atoms with Crippen LogP contribution < -0.4 is 10.6 Å². The van der Waals surface area contributed by atoms with Crippen molar-refractivity contribution in [1.82, 2.24) is 15.5 Å². The van der Waals surface area contributed by atoms with E-state index in [2.05, 4.69) is 10.6 Å². The highest BCUT2D eigenvalue weighted by molar-refractivity contribution is 8.00. The summed E-state index contributed by atoms with van der Waals surface area (Å²) < 4.78 is 0. The molecule has 0 saturated carbocycles. The molecule has 28 heavy (non-hydrogen) atoms. The number of ketones is 1. The van der Waals surface area contributed by atoms with Gasteiger partial charge in [-0.25, -0.2) is 0 Å². The third-order valence-corrected chi connectivity index (χ3v) is 5.59. The number of hydrogen-bond donors (Lipinski definition) is 2.